The fraction of sp³-hybridized carbons (Fsp3) is 0.333. The van der Waals surface area contributed by atoms with E-state index in [-0.39, 0.29) is 5.78 Å². The second kappa shape index (κ2) is 5.53. The van der Waals surface area contributed by atoms with Crippen molar-refractivity contribution in [1.29, 1.82) is 0 Å². The molecule has 18 heavy (non-hydrogen) atoms. The van der Waals surface area contributed by atoms with E-state index in [9.17, 15) is 4.79 Å². The second-order valence-electron chi connectivity index (χ2n) is 4.89. The number of hydrogen-bond acceptors (Lipinski definition) is 3. The maximum atomic E-state index is 12.2. The number of para-hydroxylation sites is 1. The number of Topliss-reactive ketones (excluding diaryl/α,β-unsaturated/α-hetero) is 1. The molecule has 0 aliphatic carbocycles. The van der Waals surface area contributed by atoms with Gasteiger partial charge in [0.2, 0.25) is 0 Å². The van der Waals surface area contributed by atoms with Crippen LogP contribution in [0.3, 0.4) is 0 Å². The summed E-state index contributed by atoms with van der Waals surface area (Å²) in [6.45, 7) is 4.26. The van der Waals surface area contributed by atoms with Gasteiger partial charge in [0, 0.05) is 28.5 Å². The first-order valence-electron chi connectivity index (χ1n) is 6.19. The van der Waals surface area contributed by atoms with Crippen LogP contribution in [0.5, 0.6) is 0 Å². The maximum absolute atomic E-state index is 12.2. The Bertz CT molecular complexity index is 578. The van der Waals surface area contributed by atoms with Gasteiger partial charge in [-0.05, 0) is 24.5 Å². The normalized spacial score (nSPS) is 11.1. The lowest BCUT2D eigenvalue weighted by molar-refractivity contribution is 0.0977. The van der Waals surface area contributed by atoms with Crippen LogP contribution in [0, 0.1) is 5.92 Å². The summed E-state index contributed by atoms with van der Waals surface area (Å²) in [5.74, 6) is 0.734. The summed E-state index contributed by atoms with van der Waals surface area (Å²) >= 11 is 4.38. The highest BCUT2D eigenvalue weighted by Gasteiger charge is 2.12. The van der Waals surface area contributed by atoms with Crippen molar-refractivity contribution in [3.8, 4) is 0 Å². The van der Waals surface area contributed by atoms with E-state index < -0.39 is 0 Å². The first-order chi connectivity index (χ1) is 8.59. The summed E-state index contributed by atoms with van der Waals surface area (Å²) in [5, 5.41) is 0.902. The van der Waals surface area contributed by atoms with Crippen LogP contribution < -0.4 is 0 Å². The SMILES string of the molecule is CC(C)CCC(=O)c1ccnc2c(S)cccc12. The Morgan fingerprint density at radius 3 is 2.83 bits per heavy atom. The zero-order valence-corrected chi connectivity index (χ0v) is 11.6. The molecule has 0 saturated heterocycles. The summed E-state index contributed by atoms with van der Waals surface area (Å²) in [4.78, 5) is 17.3. The molecule has 1 heterocycles. The van der Waals surface area contributed by atoms with E-state index in [4.69, 9.17) is 0 Å². The maximum Gasteiger partial charge on any atom is 0.163 e. The Morgan fingerprint density at radius 2 is 2.11 bits per heavy atom. The fourth-order valence-corrected chi connectivity index (χ4v) is 2.22. The molecule has 2 aromatic rings. The number of ketones is 1. The van der Waals surface area contributed by atoms with Crippen LogP contribution in [0.4, 0.5) is 0 Å². The summed E-state index contributed by atoms with van der Waals surface area (Å²) in [6.07, 6.45) is 3.20. The molecule has 0 amide bonds. The van der Waals surface area contributed by atoms with E-state index in [2.05, 4.69) is 31.5 Å². The fourth-order valence-electron chi connectivity index (χ4n) is 1.96. The van der Waals surface area contributed by atoms with Gasteiger partial charge in [-0.2, -0.15) is 0 Å². The van der Waals surface area contributed by atoms with Crippen LogP contribution in [0.2, 0.25) is 0 Å². The van der Waals surface area contributed by atoms with Crippen molar-refractivity contribution in [2.45, 2.75) is 31.6 Å². The van der Waals surface area contributed by atoms with Crippen molar-refractivity contribution < 1.29 is 4.79 Å². The minimum atomic E-state index is 0.190. The van der Waals surface area contributed by atoms with Crippen molar-refractivity contribution >= 4 is 29.3 Å². The largest absolute Gasteiger partial charge is 0.294 e. The molecule has 0 radical (unpaired) electrons. The monoisotopic (exact) mass is 259 g/mol. The predicted octanol–water partition coefficient (Wildman–Crippen LogP) is 4.14. The van der Waals surface area contributed by atoms with Gasteiger partial charge in [-0.3, -0.25) is 9.78 Å². The van der Waals surface area contributed by atoms with Gasteiger partial charge >= 0.3 is 0 Å². The molecular weight excluding hydrogens is 242 g/mol. The van der Waals surface area contributed by atoms with E-state index >= 15 is 0 Å². The number of hydrogen-bond donors (Lipinski definition) is 1. The summed E-state index contributed by atoms with van der Waals surface area (Å²) in [7, 11) is 0. The highest BCUT2D eigenvalue weighted by atomic mass is 32.1. The van der Waals surface area contributed by atoms with E-state index in [1.165, 1.54) is 0 Å². The molecule has 1 aromatic heterocycles. The third-order valence-electron chi connectivity index (χ3n) is 3.00. The average molecular weight is 259 g/mol. The number of fused-ring (bicyclic) bond motifs is 1. The number of rotatable bonds is 4. The molecule has 1 aromatic carbocycles. The first-order valence-corrected chi connectivity index (χ1v) is 6.64. The number of nitrogens with zero attached hydrogens (tertiary/aromatic N) is 1. The topological polar surface area (TPSA) is 30.0 Å². The van der Waals surface area contributed by atoms with Crippen molar-refractivity contribution in [3.05, 3.63) is 36.0 Å². The van der Waals surface area contributed by atoms with Crippen LogP contribution in [0.25, 0.3) is 10.9 Å². The molecular formula is C15H17NOS. The molecule has 0 bridgehead atoms. The standard InChI is InChI=1S/C15H17NOS/c1-10(2)6-7-13(17)11-8-9-16-15-12(11)4-3-5-14(15)18/h3-5,8-10,18H,6-7H2,1-2H3. The number of aromatic nitrogens is 1. The lowest BCUT2D eigenvalue weighted by atomic mass is 9.99. The molecule has 0 saturated carbocycles. The quantitative estimate of drug-likeness (QED) is 0.660. The van der Waals surface area contributed by atoms with Crippen molar-refractivity contribution in [3.63, 3.8) is 0 Å². The zero-order valence-electron chi connectivity index (χ0n) is 10.7. The average Bonchev–Trinajstić information content (AvgIpc) is 2.36. The molecule has 0 aliphatic rings. The number of thiol groups is 1. The van der Waals surface area contributed by atoms with Crippen molar-refractivity contribution in [2.75, 3.05) is 0 Å². The Hall–Kier alpha value is -1.35. The van der Waals surface area contributed by atoms with Crippen molar-refractivity contribution in [1.82, 2.24) is 4.98 Å². The Balaban J connectivity index is 2.39. The third kappa shape index (κ3) is 2.72. The van der Waals surface area contributed by atoms with Gasteiger partial charge < -0.3 is 0 Å². The summed E-state index contributed by atoms with van der Waals surface area (Å²) < 4.78 is 0. The zero-order chi connectivity index (χ0) is 13.1. The molecule has 3 heteroatoms. The molecule has 94 valence electrons. The minimum Gasteiger partial charge on any atom is -0.294 e. The number of pyridine rings is 1. The number of carbonyl (C=O) groups is 1. The van der Waals surface area contributed by atoms with E-state index in [1.54, 1.807) is 12.3 Å². The van der Waals surface area contributed by atoms with Gasteiger partial charge in [-0.1, -0.05) is 26.0 Å². The van der Waals surface area contributed by atoms with Crippen LogP contribution >= 0.6 is 12.6 Å². The highest BCUT2D eigenvalue weighted by molar-refractivity contribution is 7.80. The van der Waals surface area contributed by atoms with Crippen molar-refractivity contribution in [2.24, 2.45) is 5.92 Å². The first kappa shape index (κ1) is 13.1. The van der Waals surface area contributed by atoms with E-state index in [0.717, 1.165) is 27.8 Å². The van der Waals surface area contributed by atoms with Crippen LogP contribution in [0.15, 0.2) is 35.4 Å². The number of benzene rings is 1. The van der Waals surface area contributed by atoms with E-state index in [1.807, 2.05) is 18.2 Å². The molecule has 0 atom stereocenters. The van der Waals surface area contributed by atoms with E-state index in [0.29, 0.717) is 12.3 Å². The Labute approximate surface area is 113 Å². The predicted molar refractivity (Wildman–Crippen MR) is 77.4 cm³/mol. The second-order valence-corrected chi connectivity index (χ2v) is 5.37. The van der Waals surface area contributed by atoms with Gasteiger partial charge in [0.05, 0.1) is 5.52 Å². The Kier molecular flexibility index (Phi) is 4.02. The van der Waals surface area contributed by atoms with Gasteiger partial charge in [-0.25, -0.2) is 0 Å². The van der Waals surface area contributed by atoms with Gasteiger partial charge in [-0.15, -0.1) is 12.6 Å². The lowest BCUT2D eigenvalue weighted by Crippen LogP contribution is -2.03. The van der Waals surface area contributed by atoms with Crippen LogP contribution in [-0.4, -0.2) is 10.8 Å². The molecule has 2 nitrogen and oxygen atoms in total. The molecule has 0 spiro atoms. The Morgan fingerprint density at radius 1 is 1.33 bits per heavy atom. The molecule has 0 aliphatic heterocycles. The van der Waals surface area contributed by atoms with Gasteiger partial charge in [0.1, 0.15) is 0 Å². The van der Waals surface area contributed by atoms with Gasteiger partial charge in [0.25, 0.3) is 0 Å². The summed E-state index contributed by atoms with van der Waals surface area (Å²) in [5.41, 5.74) is 1.56. The smallest absolute Gasteiger partial charge is 0.163 e. The van der Waals surface area contributed by atoms with Crippen LogP contribution in [0.1, 0.15) is 37.0 Å². The third-order valence-corrected chi connectivity index (χ3v) is 3.36. The van der Waals surface area contributed by atoms with Crippen LogP contribution in [-0.2, 0) is 0 Å². The molecule has 0 unspecified atom stereocenters. The highest BCUT2D eigenvalue weighted by Crippen LogP contribution is 2.24. The molecule has 2 rings (SSSR count). The minimum absolute atomic E-state index is 0.190. The molecule has 0 N–H and O–H groups in total. The van der Waals surface area contributed by atoms with Gasteiger partial charge in [0.15, 0.2) is 5.78 Å². The molecule has 0 fully saturated rings. The summed E-state index contributed by atoms with van der Waals surface area (Å²) in [6, 6.07) is 7.54. The lowest BCUT2D eigenvalue weighted by Gasteiger charge is -2.07. The number of carbonyl (C=O) groups excluding carboxylic acids is 1.